The van der Waals surface area contributed by atoms with Crippen LogP contribution in [-0.4, -0.2) is 25.7 Å². The number of rotatable bonds is 6. The van der Waals surface area contributed by atoms with Crippen molar-refractivity contribution in [1.29, 1.82) is 0 Å². The summed E-state index contributed by atoms with van der Waals surface area (Å²) in [5, 5.41) is 11.0. The molecular weight excluding hydrogens is 352 g/mol. The largest absolute Gasteiger partial charge is 0.497 e. The van der Waals surface area contributed by atoms with Crippen molar-refractivity contribution in [3.63, 3.8) is 0 Å². The lowest BCUT2D eigenvalue weighted by atomic mass is 10.2. The predicted molar refractivity (Wildman–Crippen MR) is 100 cm³/mol. The summed E-state index contributed by atoms with van der Waals surface area (Å²) in [5.41, 5.74) is 1.67. The summed E-state index contributed by atoms with van der Waals surface area (Å²) in [6.45, 7) is 1.83. The van der Waals surface area contributed by atoms with E-state index in [1.54, 1.807) is 31.4 Å². The van der Waals surface area contributed by atoms with Crippen LogP contribution in [0.1, 0.15) is 5.56 Å². The number of ether oxygens (including phenoxy) is 1. The second-order valence-electron chi connectivity index (χ2n) is 5.58. The smallest absolute Gasteiger partial charge is 0.263 e. The van der Waals surface area contributed by atoms with Crippen molar-refractivity contribution < 1.29 is 13.2 Å². The van der Waals surface area contributed by atoms with E-state index >= 15 is 0 Å². The first-order valence-corrected chi connectivity index (χ1v) is 9.29. The Morgan fingerprint density at radius 1 is 0.923 bits per heavy atom. The summed E-state index contributed by atoms with van der Waals surface area (Å²) in [4.78, 5) is 0.180. The molecule has 26 heavy (non-hydrogen) atoms. The maximum absolute atomic E-state index is 12.4. The zero-order chi connectivity index (χ0) is 18.6. The summed E-state index contributed by atoms with van der Waals surface area (Å²) >= 11 is 0. The average molecular weight is 370 g/mol. The fraction of sp³-hybridized carbons (Fsp3) is 0.111. The topological polar surface area (TPSA) is 93.2 Å². The molecule has 0 aliphatic rings. The number of nitrogens with zero attached hydrogens (tertiary/aromatic N) is 2. The van der Waals surface area contributed by atoms with Crippen molar-refractivity contribution in [3.8, 4) is 5.75 Å². The highest BCUT2D eigenvalue weighted by Crippen LogP contribution is 2.20. The van der Waals surface area contributed by atoms with Crippen molar-refractivity contribution in [1.82, 2.24) is 10.2 Å². The van der Waals surface area contributed by atoms with Gasteiger partial charge in [0.05, 0.1) is 12.0 Å². The minimum Gasteiger partial charge on any atom is -0.497 e. The molecule has 2 N–H and O–H groups in total. The van der Waals surface area contributed by atoms with Crippen molar-refractivity contribution in [2.24, 2.45) is 0 Å². The van der Waals surface area contributed by atoms with Gasteiger partial charge in [-0.05, 0) is 61.0 Å². The van der Waals surface area contributed by atoms with Gasteiger partial charge in [-0.1, -0.05) is 12.1 Å². The molecule has 134 valence electrons. The molecule has 0 fully saturated rings. The van der Waals surface area contributed by atoms with E-state index in [4.69, 9.17) is 4.74 Å². The number of hydrogen-bond donors (Lipinski definition) is 2. The third-order valence-corrected chi connectivity index (χ3v) is 4.92. The number of methoxy groups -OCH3 is 1. The number of benzene rings is 2. The zero-order valence-corrected chi connectivity index (χ0v) is 15.1. The zero-order valence-electron chi connectivity index (χ0n) is 14.3. The summed E-state index contributed by atoms with van der Waals surface area (Å²) < 4.78 is 32.3. The molecule has 8 heteroatoms. The van der Waals surface area contributed by atoms with E-state index in [1.807, 2.05) is 37.3 Å². The minimum atomic E-state index is -3.70. The number of hydrogen-bond acceptors (Lipinski definition) is 6. The second-order valence-corrected chi connectivity index (χ2v) is 7.26. The van der Waals surface area contributed by atoms with E-state index in [1.165, 1.54) is 6.07 Å². The highest BCUT2D eigenvalue weighted by molar-refractivity contribution is 7.92. The molecule has 3 aromatic rings. The van der Waals surface area contributed by atoms with E-state index in [2.05, 4.69) is 20.2 Å². The molecule has 0 aliphatic heterocycles. The van der Waals surface area contributed by atoms with Gasteiger partial charge in [0.1, 0.15) is 5.75 Å². The summed E-state index contributed by atoms with van der Waals surface area (Å²) in [5.74, 6) is 1.39. The van der Waals surface area contributed by atoms with E-state index < -0.39 is 10.0 Å². The minimum absolute atomic E-state index is 0.145. The molecule has 0 aliphatic carbocycles. The third-order valence-electron chi connectivity index (χ3n) is 3.57. The molecule has 2 aromatic carbocycles. The number of sulfonamides is 1. The Morgan fingerprint density at radius 2 is 1.62 bits per heavy atom. The van der Waals surface area contributed by atoms with Crippen LogP contribution in [-0.2, 0) is 10.0 Å². The number of nitrogens with one attached hydrogen (secondary N) is 2. The highest BCUT2D eigenvalue weighted by Gasteiger charge is 2.15. The first-order valence-electron chi connectivity index (χ1n) is 7.80. The first-order chi connectivity index (χ1) is 12.5. The maximum atomic E-state index is 12.4. The van der Waals surface area contributed by atoms with Crippen molar-refractivity contribution in [3.05, 3.63) is 66.2 Å². The van der Waals surface area contributed by atoms with Crippen LogP contribution in [0, 0.1) is 6.92 Å². The standard InChI is InChI=1S/C18H18N4O3S/c1-13-4-3-5-16(12-13)26(23,24)22-18-11-10-17(20-21-18)19-14-6-8-15(25-2)9-7-14/h3-12H,1-2H3,(H,19,20)(H,21,22). The van der Waals surface area contributed by atoms with Crippen LogP contribution in [0.4, 0.5) is 17.3 Å². The lowest BCUT2D eigenvalue weighted by molar-refractivity contribution is 0.415. The molecule has 1 heterocycles. The average Bonchev–Trinajstić information content (AvgIpc) is 2.64. The van der Waals surface area contributed by atoms with E-state index in [0.717, 1.165) is 17.0 Å². The van der Waals surface area contributed by atoms with E-state index in [-0.39, 0.29) is 10.7 Å². The number of aromatic nitrogens is 2. The molecule has 1 aromatic heterocycles. The SMILES string of the molecule is COc1ccc(Nc2ccc(NS(=O)(=O)c3cccc(C)c3)nn2)cc1. The van der Waals surface area contributed by atoms with Crippen LogP contribution >= 0.6 is 0 Å². The second kappa shape index (κ2) is 7.40. The molecule has 0 radical (unpaired) electrons. The lowest BCUT2D eigenvalue weighted by Crippen LogP contribution is -2.14. The van der Waals surface area contributed by atoms with Crippen LogP contribution in [0.5, 0.6) is 5.75 Å². The number of aryl methyl sites for hydroxylation is 1. The van der Waals surface area contributed by atoms with Crippen LogP contribution in [0.25, 0.3) is 0 Å². The highest BCUT2D eigenvalue weighted by atomic mass is 32.2. The van der Waals surface area contributed by atoms with Gasteiger partial charge in [-0.3, -0.25) is 4.72 Å². The van der Waals surface area contributed by atoms with Gasteiger partial charge >= 0.3 is 0 Å². The quantitative estimate of drug-likeness (QED) is 0.691. The molecular formula is C18H18N4O3S. The Labute approximate surface area is 152 Å². The fourth-order valence-corrected chi connectivity index (χ4v) is 3.36. The van der Waals surface area contributed by atoms with Gasteiger partial charge in [-0.15, -0.1) is 10.2 Å². The van der Waals surface area contributed by atoms with Gasteiger partial charge in [0.2, 0.25) is 0 Å². The Bertz CT molecular complexity index is 988. The Morgan fingerprint density at radius 3 is 2.23 bits per heavy atom. The van der Waals surface area contributed by atoms with E-state index in [0.29, 0.717) is 5.82 Å². The summed E-state index contributed by atoms with van der Waals surface area (Å²) in [7, 11) is -2.10. The Kier molecular flexibility index (Phi) is 5.04. The van der Waals surface area contributed by atoms with Gasteiger partial charge in [0.25, 0.3) is 10.0 Å². The van der Waals surface area contributed by atoms with Crippen LogP contribution < -0.4 is 14.8 Å². The summed E-state index contributed by atoms with van der Waals surface area (Å²) in [6.07, 6.45) is 0. The van der Waals surface area contributed by atoms with E-state index in [9.17, 15) is 8.42 Å². The first kappa shape index (κ1) is 17.7. The molecule has 0 bridgehead atoms. The lowest BCUT2D eigenvalue weighted by Gasteiger charge is -2.09. The Balaban J connectivity index is 1.71. The summed E-state index contributed by atoms with van der Waals surface area (Å²) in [6, 6.07) is 17.2. The molecule has 7 nitrogen and oxygen atoms in total. The van der Waals surface area contributed by atoms with Crippen LogP contribution in [0.15, 0.2) is 65.6 Å². The van der Waals surface area contributed by atoms with Crippen molar-refractivity contribution in [2.75, 3.05) is 17.1 Å². The fourth-order valence-electron chi connectivity index (χ4n) is 2.25. The molecule has 0 amide bonds. The molecule has 0 saturated carbocycles. The van der Waals surface area contributed by atoms with Crippen LogP contribution in [0.2, 0.25) is 0 Å². The molecule has 3 rings (SSSR count). The molecule has 0 unspecified atom stereocenters. The normalized spacial score (nSPS) is 11.0. The number of anilines is 3. The van der Waals surface area contributed by atoms with Gasteiger partial charge in [-0.2, -0.15) is 0 Å². The van der Waals surface area contributed by atoms with Crippen molar-refractivity contribution in [2.45, 2.75) is 11.8 Å². The molecule has 0 spiro atoms. The van der Waals surface area contributed by atoms with Crippen LogP contribution in [0.3, 0.4) is 0 Å². The van der Waals surface area contributed by atoms with Crippen molar-refractivity contribution >= 4 is 27.3 Å². The Hall–Kier alpha value is -3.13. The van der Waals surface area contributed by atoms with Gasteiger partial charge in [0.15, 0.2) is 11.6 Å². The molecule has 0 atom stereocenters. The maximum Gasteiger partial charge on any atom is 0.263 e. The third kappa shape index (κ3) is 4.28. The van der Waals surface area contributed by atoms with Gasteiger partial charge in [-0.25, -0.2) is 8.42 Å². The monoisotopic (exact) mass is 370 g/mol. The van der Waals surface area contributed by atoms with Gasteiger partial charge in [0, 0.05) is 5.69 Å². The molecule has 0 saturated heterocycles. The van der Waals surface area contributed by atoms with Gasteiger partial charge < -0.3 is 10.1 Å². The predicted octanol–water partition coefficient (Wildman–Crippen LogP) is 3.34.